The molecule has 39 heavy (non-hydrogen) atoms. The summed E-state index contributed by atoms with van der Waals surface area (Å²) in [5, 5.41) is 9.78. The van der Waals surface area contributed by atoms with Crippen molar-refractivity contribution in [1.82, 2.24) is 30.0 Å². The van der Waals surface area contributed by atoms with Crippen LogP contribution < -0.4 is 4.90 Å². The summed E-state index contributed by atoms with van der Waals surface area (Å²) >= 11 is 0. The van der Waals surface area contributed by atoms with Crippen LogP contribution in [0.25, 0.3) is 22.2 Å². The van der Waals surface area contributed by atoms with Gasteiger partial charge in [-0.2, -0.15) is 0 Å². The lowest BCUT2D eigenvalue weighted by atomic mass is 9.91. The molecule has 2 aliphatic heterocycles. The van der Waals surface area contributed by atoms with Crippen LogP contribution in [-0.4, -0.2) is 81.2 Å². The Kier molecular flexibility index (Phi) is 6.40. The predicted octanol–water partition coefficient (Wildman–Crippen LogP) is 4.00. The molecule has 8 heteroatoms. The first kappa shape index (κ1) is 24.2. The van der Waals surface area contributed by atoms with Crippen LogP contribution in [0.4, 0.5) is 5.95 Å². The number of benzene rings is 2. The molecule has 4 aromatic rings. The van der Waals surface area contributed by atoms with E-state index in [0.29, 0.717) is 24.3 Å². The molecule has 1 amide bonds. The maximum Gasteiger partial charge on any atom is 0.256 e. The van der Waals surface area contributed by atoms with E-state index in [9.17, 15) is 4.79 Å². The molecule has 0 atom stereocenters. The summed E-state index contributed by atoms with van der Waals surface area (Å²) in [6, 6.07) is 18.4. The molecule has 2 aromatic heterocycles. The van der Waals surface area contributed by atoms with Gasteiger partial charge in [0, 0.05) is 68.9 Å². The standard InChI is InChI=1S/C31H33N7O/c39-30(28-25-11-4-5-12-27(25)34-35-29(28)22-7-2-1-3-8-22)37-15-13-23-21-32-31(33-26(23)14-16-37)38-19-17-36(18-20-38)24-9-6-10-24/h1-5,7-8,11-12,21,24H,6,9-10,13-20H2. The molecular formula is C31H33N7O. The van der Waals surface area contributed by atoms with Crippen LogP contribution in [-0.2, 0) is 12.8 Å². The third-order valence-corrected chi connectivity index (χ3v) is 8.62. The fraction of sp³-hybridized carbons (Fsp3) is 0.387. The van der Waals surface area contributed by atoms with Gasteiger partial charge in [-0.25, -0.2) is 9.97 Å². The second kappa shape index (κ2) is 10.3. The molecule has 1 saturated heterocycles. The van der Waals surface area contributed by atoms with Crippen molar-refractivity contribution in [2.75, 3.05) is 44.2 Å². The summed E-state index contributed by atoms with van der Waals surface area (Å²) in [5.74, 6) is 0.825. The Labute approximate surface area is 228 Å². The van der Waals surface area contributed by atoms with Crippen LogP contribution in [0.2, 0.25) is 0 Å². The maximum atomic E-state index is 14.2. The van der Waals surface area contributed by atoms with Crippen LogP contribution in [0.5, 0.6) is 0 Å². The third kappa shape index (κ3) is 4.63. The van der Waals surface area contributed by atoms with E-state index >= 15 is 0 Å². The van der Waals surface area contributed by atoms with Crippen molar-refractivity contribution in [3.8, 4) is 11.3 Å². The molecule has 2 aromatic carbocycles. The number of hydrogen-bond donors (Lipinski definition) is 0. The lowest BCUT2D eigenvalue weighted by Gasteiger charge is -2.43. The van der Waals surface area contributed by atoms with Gasteiger partial charge < -0.3 is 9.80 Å². The zero-order chi connectivity index (χ0) is 26.2. The number of hydrogen-bond acceptors (Lipinski definition) is 7. The normalized spacial score (nSPS) is 18.5. The minimum atomic E-state index is -0.00643. The molecule has 4 heterocycles. The van der Waals surface area contributed by atoms with Gasteiger partial charge in [0.1, 0.15) is 5.69 Å². The summed E-state index contributed by atoms with van der Waals surface area (Å²) in [7, 11) is 0. The maximum absolute atomic E-state index is 14.2. The van der Waals surface area contributed by atoms with Crippen LogP contribution in [0.1, 0.15) is 40.9 Å². The lowest BCUT2D eigenvalue weighted by molar-refractivity contribution is 0.0765. The predicted molar refractivity (Wildman–Crippen MR) is 152 cm³/mol. The van der Waals surface area contributed by atoms with Crippen LogP contribution >= 0.6 is 0 Å². The second-order valence-electron chi connectivity index (χ2n) is 10.8. The summed E-state index contributed by atoms with van der Waals surface area (Å²) in [4.78, 5) is 30.8. The highest BCUT2D eigenvalue weighted by atomic mass is 16.2. The molecule has 1 saturated carbocycles. The van der Waals surface area contributed by atoms with E-state index in [-0.39, 0.29) is 5.91 Å². The molecule has 198 valence electrons. The first-order valence-corrected chi connectivity index (χ1v) is 14.2. The first-order chi connectivity index (χ1) is 19.2. The van der Waals surface area contributed by atoms with Crippen molar-refractivity contribution >= 4 is 22.8 Å². The van der Waals surface area contributed by atoms with Gasteiger partial charge in [-0.3, -0.25) is 9.69 Å². The van der Waals surface area contributed by atoms with Gasteiger partial charge in [0.15, 0.2) is 0 Å². The Bertz CT molecular complexity index is 1500. The molecule has 0 radical (unpaired) electrons. The molecule has 0 spiro atoms. The monoisotopic (exact) mass is 519 g/mol. The minimum Gasteiger partial charge on any atom is -0.338 e. The number of rotatable bonds is 4. The zero-order valence-corrected chi connectivity index (χ0v) is 22.2. The number of carbonyl (C=O) groups is 1. The number of nitrogens with zero attached hydrogens (tertiary/aromatic N) is 7. The molecule has 7 rings (SSSR count). The van der Waals surface area contributed by atoms with Gasteiger partial charge in [0.05, 0.1) is 16.8 Å². The van der Waals surface area contributed by atoms with Crippen LogP contribution in [0.3, 0.4) is 0 Å². The van der Waals surface area contributed by atoms with E-state index in [1.807, 2.05) is 65.7 Å². The minimum absolute atomic E-state index is 0.00643. The number of anilines is 1. The van der Waals surface area contributed by atoms with Crippen molar-refractivity contribution < 1.29 is 4.79 Å². The molecular weight excluding hydrogens is 486 g/mol. The van der Waals surface area contributed by atoms with Gasteiger partial charge in [-0.1, -0.05) is 55.0 Å². The van der Waals surface area contributed by atoms with Crippen LogP contribution in [0, 0.1) is 0 Å². The molecule has 1 aliphatic carbocycles. The van der Waals surface area contributed by atoms with Gasteiger partial charge in [0.25, 0.3) is 5.91 Å². The number of piperazine rings is 1. The van der Waals surface area contributed by atoms with Crippen molar-refractivity contribution in [3.63, 3.8) is 0 Å². The Balaban J connectivity index is 1.12. The molecule has 2 fully saturated rings. The topological polar surface area (TPSA) is 78.4 Å². The van der Waals surface area contributed by atoms with E-state index in [0.717, 1.165) is 78.7 Å². The van der Waals surface area contributed by atoms with E-state index in [1.54, 1.807) is 0 Å². The molecule has 0 N–H and O–H groups in total. The quantitative estimate of drug-likeness (QED) is 0.403. The van der Waals surface area contributed by atoms with Crippen molar-refractivity contribution in [2.45, 2.75) is 38.1 Å². The molecule has 8 nitrogen and oxygen atoms in total. The average molecular weight is 520 g/mol. The fourth-order valence-corrected chi connectivity index (χ4v) is 6.09. The Morgan fingerprint density at radius 3 is 2.38 bits per heavy atom. The van der Waals surface area contributed by atoms with Crippen LogP contribution in [0.15, 0.2) is 60.8 Å². The second-order valence-corrected chi connectivity index (χ2v) is 10.8. The Hall–Kier alpha value is -3.91. The smallest absolute Gasteiger partial charge is 0.256 e. The van der Waals surface area contributed by atoms with Gasteiger partial charge in [0.2, 0.25) is 5.95 Å². The van der Waals surface area contributed by atoms with Crippen molar-refractivity contribution in [1.29, 1.82) is 0 Å². The largest absolute Gasteiger partial charge is 0.338 e. The number of aromatic nitrogens is 4. The summed E-state index contributed by atoms with van der Waals surface area (Å²) in [6.45, 7) is 5.37. The van der Waals surface area contributed by atoms with Crippen molar-refractivity contribution in [2.24, 2.45) is 0 Å². The number of amides is 1. The third-order valence-electron chi connectivity index (χ3n) is 8.62. The van der Waals surface area contributed by atoms with E-state index < -0.39 is 0 Å². The molecule has 0 unspecified atom stereocenters. The zero-order valence-electron chi connectivity index (χ0n) is 22.2. The highest BCUT2D eigenvalue weighted by Crippen LogP contribution is 2.30. The lowest BCUT2D eigenvalue weighted by Crippen LogP contribution is -2.52. The summed E-state index contributed by atoms with van der Waals surface area (Å²) in [6.07, 6.45) is 7.53. The van der Waals surface area contributed by atoms with E-state index in [4.69, 9.17) is 9.97 Å². The van der Waals surface area contributed by atoms with Crippen molar-refractivity contribution in [3.05, 3.63) is 77.6 Å². The fourth-order valence-electron chi connectivity index (χ4n) is 6.09. The first-order valence-electron chi connectivity index (χ1n) is 14.2. The highest BCUT2D eigenvalue weighted by molar-refractivity contribution is 6.10. The van der Waals surface area contributed by atoms with Gasteiger partial charge in [-0.05, 0) is 30.9 Å². The van der Waals surface area contributed by atoms with Gasteiger partial charge in [-0.15, -0.1) is 10.2 Å². The summed E-state index contributed by atoms with van der Waals surface area (Å²) < 4.78 is 0. The van der Waals surface area contributed by atoms with E-state index in [2.05, 4.69) is 20.0 Å². The molecule has 0 bridgehead atoms. The average Bonchev–Trinajstić information content (AvgIpc) is 3.18. The van der Waals surface area contributed by atoms with Gasteiger partial charge >= 0.3 is 0 Å². The number of fused-ring (bicyclic) bond motifs is 2. The van der Waals surface area contributed by atoms with E-state index in [1.165, 1.54) is 19.3 Å². The highest BCUT2D eigenvalue weighted by Gasteiger charge is 2.30. The Morgan fingerprint density at radius 1 is 0.821 bits per heavy atom. The Morgan fingerprint density at radius 2 is 1.59 bits per heavy atom. The molecule has 3 aliphatic rings. The summed E-state index contributed by atoms with van der Waals surface area (Å²) in [5.41, 5.74) is 5.08. The SMILES string of the molecule is O=C(c1c(-c2ccccc2)nnc2ccccc12)N1CCc2cnc(N3CCN(C4CCC4)CC3)nc2CC1. The number of carbonyl (C=O) groups excluding carboxylic acids is 1.